The number of ether oxygens (including phenoxy) is 3. The van der Waals surface area contributed by atoms with Crippen molar-refractivity contribution in [1.29, 1.82) is 0 Å². The zero-order valence-electron chi connectivity index (χ0n) is 17.6. The van der Waals surface area contributed by atoms with Crippen molar-refractivity contribution < 1.29 is 18.6 Å². The van der Waals surface area contributed by atoms with E-state index in [-0.39, 0.29) is 12.4 Å². The average molecular weight is 503 g/mol. The van der Waals surface area contributed by atoms with Crippen LogP contribution in [0.2, 0.25) is 5.02 Å². The average Bonchev–Trinajstić information content (AvgIpc) is 2.71. The van der Waals surface area contributed by atoms with Gasteiger partial charge >= 0.3 is 0 Å². The Balaban J connectivity index is 1.92. The summed E-state index contributed by atoms with van der Waals surface area (Å²) in [7, 11) is 0. The highest BCUT2D eigenvalue weighted by molar-refractivity contribution is 9.10. The zero-order chi connectivity index (χ0) is 21.8. The predicted molar refractivity (Wildman–Crippen MR) is 123 cm³/mol. The van der Waals surface area contributed by atoms with Gasteiger partial charge in [0.1, 0.15) is 12.4 Å². The Labute approximate surface area is 192 Å². The topological polar surface area (TPSA) is 39.7 Å². The minimum Gasteiger partial charge on any atom is -0.490 e. The molecule has 0 atom stereocenters. The summed E-state index contributed by atoms with van der Waals surface area (Å²) in [6.07, 6.45) is 3.25. The van der Waals surface area contributed by atoms with Gasteiger partial charge in [-0.1, -0.05) is 31.0 Å². The molecule has 0 aliphatic carbocycles. The summed E-state index contributed by atoms with van der Waals surface area (Å²) in [4.78, 5) is 0. The van der Waals surface area contributed by atoms with Crippen molar-refractivity contribution in [2.24, 2.45) is 0 Å². The first kappa shape index (κ1) is 24.9. The van der Waals surface area contributed by atoms with Crippen LogP contribution in [0, 0.1) is 5.82 Å². The van der Waals surface area contributed by atoms with Crippen molar-refractivity contribution in [3.8, 4) is 11.5 Å². The lowest BCUT2D eigenvalue weighted by atomic mass is 10.2. The Kier molecular flexibility index (Phi) is 11.5. The van der Waals surface area contributed by atoms with E-state index < -0.39 is 0 Å². The standard InChI is InChI=1S/C23H30BrClFNO3/c1-3-5-10-28-11-6-9-27-15-17-12-20(24)23(22(13-17)29-4-2)30-16-18-7-8-19(26)14-21(18)25/h7-8,12-14,27H,3-6,9-11,15-16H2,1-2H3. The first-order valence-corrected chi connectivity index (χ1v) is 11.5. The maximum absolute atomic E-state index is 13.2. The van der Waals surface area contributed by atoms with Crippen LogP contribution in [-0.4, -0.2) is 26.4 Å². The quantitative estimate of drug-likeness (QED) is 0.299. The van der Waals surface area contributed by atoms with E-state index in [1.165, 1.54) is 12.1 Å². The van der Waals surface area contributed by atoms with Crippen LogP contribution >= 0.6 is 27.5 Å². The molecule has 0 aliphatic rings. The number of nitrogens with one attached hydrogen (secondary N) is 1. The van der Waals surface area contributed by atoms with Crippen LogP contribution in [-0.2, 0) is 17.9 Å². The summed E-state index contributed by atoms with van der Waals surface area (Å²) in [5.74, 6) is 0.888. The van der Waals surface area contributed by atoms with Crippen LogP contribution in [0.4, 0.5) is 4.39 Å². The lowest BCUT2D eigenvalue weighted by molar-refractivity contribution is 0.129. The molecular formula is C23H30BrClFNO3. The van der Waals surface area contributed by atoms with Crippen LogP contribution in [0.25, 0.3) is 0 Å². The van der Waals surface area contributed by atoms with E-state index in [1.807, 2.05) is 19.1 Å². The van der Waals surface area contributed by atoms with Gasteiger partial charge in [0.2, 0.25) is 0 Å². The van der Waals surface area contributed by atoms with Gasteiger partial charge in [-0.25, -0.2) is 4.39 Å². The third-order valence-electron chi connectivity index (χ3n) is 4.37. The van der Waals surface area contributed by atoms with Gasteiger partial charge in [0, 0.05) is 25.3 Å². The SMILES string of the molecule is CCCCOCCCNCc1cc(Br)c(OCc2ccc(F)cc2Cl)c(OCC)c1. The molecule has 0 amide bonds. The lowest BCUT2D eigenvalue weighted by Crippen LogP contribution is -2.16. The first-order chi connectivity index (χ1) is 14.5. The summed E-state index contributed by atoms with van der Waals surface area (Å²) >= 11 is 9.68. The van der Waals surface area contributed by atoms with E-state index in [0.29, 0.717) is 28.7 Å². The Morgan fingerprint density at radius 3 is 2.60 bits per heavy atom. The third-order valence-corrected chi connectivity index (χ3v) is 5.31. The maximum atomic E-state index is 13.2. The van der Waals surface area contributed by atoms with E-state index >= 15 is 0 Å². The molecule has 1 N–H and O–H groups in total. The van der Waals surface area contributed by atoms with E-state index in [2.05, 4.69) is 28.2 Å². The fourth-order valence-corrected chi connectivity index (χ4v) is 3.62. The van der Waals surface area contributed by atoms with E-state index in [1.54, 1.807) is 6.07 Å². The van der Waals surface area contributed by atoms with Crippen molar-refractivity contribution >= 4 is 27.5 Å². The highest BCUT2D eigenvalue weighted by Gasteiger charge is 2.13. The molecule has 2 rings (SSSR count). The molecule has 7 heteroatoms. The molecule has 0 spiro atoms. The van der Waals surface area contributed by atoms with Crippen LogP contribution in [0.3, 0.4) is 0 Å². The van der Waals surface area contributed by atoms with Crippen LogP contribution in [0.1, 0.15) is 44.2 Å². The minimum atomic E-state index is -0.371. The smallest absolute Gasteiger partial charge is 0.175 e. The van der Waals surface area contributed by atoms with Gasteiger partial charge in [-0.2, -0.15) is 0 Å². The van der Waals surface area contributed by atoms with Gasteiger partial charge < -0.3 is 19.5 Å². The molecule has 0 saturated carbocycles. The summed E-state index contributed by atoms with van der Waals surface area (Å²) < 4.78 is 31.4. The maximum Gasteiger partial charge on any atom is 0.175 e. The second-order valence-corrected chi connectivity index (χ2v) is 8.12. The summed E-state index contributed by atoms with van der Waals surface area (Å²) in [5, 5.41) is 3.77. The molecular weight excluding hydrogens is 473 g/mol. The molecule has 2 aromatic carbocycles. The predicted octanol–water partition coefficient (Wildman–Crippen LogP) is 6.52. The molecule has 0 radical (unpaired) electrons. The molecule has 30 heavy (non-hydrogen) atoms. The fourth-order valence-electron chi connectivity index (χ4n) is 2.80. The minimum absolute atomic E-state index is 0.216. The Bertz CT molecular complexity index is 791. The fraction of sp³-hybridized carbons (Fsp3) is 0.478. The van der Waals surface area contributed by atoms with Gasteiger partial charge in [0.15, 0.2) is 11.5 Å². The van der Waals surface area contributed by atoms with Gasteiger partial charge in [-0.3, -0.25) is 0 Å². The van der Waals surface area contributed by atoms with Crippen molar-refractivity contribution in [3.63, 3.8) is 0 Å². The number of unbranched alkanes of at least 4 members (excludes halogenated alkanes) is 1. The monoisotopic (exact) mass is 501 g/mol. The van der Waals surface area contributed by atoms with Gasteiger partial charge in [0.25, 0.3) is 0 Å². The highest BCUT2D eigenvalue weighted by Crippen LogP contribution is 2.38. The van der Waals surface area contributed by atoms with Gasteiger partial charge in [-0.05, 0) is 72.1 Å². The van der Waals surface area contributed by atoms with Crippen molar-refractivity contribution in [3.05, 3.63) is 56.8 Å². The number of benzene rings is 2. The highest BCUT2D eigenvalue weighted by atomic mass is 79.9. The number of hydrogen-bond donors (Lipinski definition) is 1. The van der Waals surface area contributed by atoms with E-state index in [9.17, 15) is 4.39 Å². The first-order valence-electron chi connectivity index (χ1n) is 10.4. The summed E-state index contributed by atoms with van der Waals surface area (Å²) in [6.45, 7) is 8.05. The Hall–Kier alpha value is -1.34. The summed E-state index contributed by atoms with van der Waals surface area (Å²) in [5.41, 5.74) is 1.80. The Morgan fingerprint density at radius 2 is 1.87 bits per heavy atom. The second kappa shape index (κ2) is 13.9. The normalized spacial score (nSPS) is 11.0. The largest absolute Gasteiger partial charge is 0.490 e. The number of rotatable bonds is 14. The molecule has 0 saturated heterocycles. The lowest BCUT2D eigenvalue weighted by Gasteiger charge is -2.16. The molecule has 2 aromatic rings. The molecule has 0 aromatic heterocycles. The van der Waals surface area contributed by atoms with E-state index in [4.69, 9.17) is 25.8 Å². The number of hydrogen-bond acceptors (Lipinski definition) is 4. The third kappa shape index (κ3) is 8.42. The van der Waals surface area contributed by atoms with Gasteiger partial charge in [0.05, 0.1) is 16.1 Å². The molecule has 0 unspecified atom stereocenters. The molecule has 166 valence electrons. The number of halogens is 3. The van der Waals surface area contributed by atoms with Crippen LogP contribution < -0.4 is 14.8 Å². The molecule has 4 nitrogen and oxygen atoms in total. The molecule has 0 heterocycles. The second-order valence-electron chi connectivity index (χ2n) is 6.86. The molecule has 0 aliphatic heterocycles. The molecule has 0 fully saturated rings. The van der Waals surface area contributed by atoms with Crippen molar-refractivity contribution in [2.45, 2.75) is 46.3 Å². The zero-order valence-corrected chi connectivity index (χ0v) is 20.0. The van der Waals surface area contributed by atoms with Gasteiger partial charge in [-0.15, -0.1) is 0 Å². The van der Waals surface area contributed by atoms with E-state index in [0.717, 1.165) is 55.6 Å². The van der Waals surface area contributed by atoms with Crippen molar-refractivity contribution in [2.75, 3.05) is 26.4 Å². The summed E-state index contributed by atoms with van der Waals surface area (Å²) in [6, 6.07) is 8.25. The molecule has 0 bridgehead atoms. The van der Waals surface area contributed by atoms with Crippen LogP contribution in [0.5, 0.6) is 11.5 Å². The van der Waals surface area contributed by atoms with Crippen LogP contribution in [0.15, 0.2) is 34.8 Å². The van der Waals surface area contributed by atoms with Crippen molar-refractivity contribution in [1.82, 2.24) is 5.32 Å². The Morgan fingerprint density at radius 1 is 1.07 bits per heavy atom.